The van der Waals surface area contributed by atoms with Crippen molar-refractivity contribution in [3.8, 4) is 0 Å². The first-order chi connectivity index (χ1) is 8.56. The molecule has 1 atom stereocenters. The fourth-order valence-electron chi connectivity index (χ4n) is 1.56. The lowest BCUT2D eigenvalue weighted by atomic mass is 10.3. The molecule has 0 bridgehead atoms. The van der Waals surface area contributed by atoms with Gasteiger partial charge in [0, 0.05) is 10.6 Å². The number of hydrogen-bond donors (Lipinski definition) is 2. The molecular weight excluding hydrogens is 264 g/mol. The number of aryl methyl sites for hydroxylation is 1. The zero-order valence-corrected chi connectivity index (χ0v) is 11.8. The van der Waals surface area contributed by atoms with E-state index in [0.29, 0.717) is 11.6 Å². The second-order valence-corrected chi connectivity index (χ2v) is 5.38. The minimum atomic E-state index is 0.158. The van der Waals surface area contributed by atoms with E-state index in [9.17, 15) is 0 Å². The van der Waals surface area contributed by atoms with Crippen LogP contribution in [0, 0.1) is 6.92 Å². The molecule has 2 aromatic heterocycles. The second kappa shape index (κ2) is 5.41. The van der Waals surface area contributed by atoms with Crippen LogP contribution in [-0.2, 0) is 0 Å². The third-order valence-electron chi connectivity index (χ3n) is 2.42. The molecule has 0 saturated heterocycles. The fraction of sp³-hybridized carbons (Fsp3) is 0.250. The van der Waals surface area contributed by atoms with Crippen LogP contribution < -0.4 is 11.1 Å². The number of anilines is 1. The maximum absolute atomic E-state index is 5.59. The molecule has 0 aromatic carbocycles. The Kier molecular flexibility index (Phi) is 3.88. The molecule has 0 aliphatic carbocycles. The molecule has 3 N–H and O–H groups in total. The Hall–Kier alpha value is -1.53. The molecule has 2 aromatic rings. The van der Waals surface area contributed by atoms with Crippen molar-refractivity contribution in [3.63, 3.8) is 0 Å². The first kappa shape index (κ1) is 12.9. The van der Waals surface area contributed by atoms with Crippen molar-refractivity contribution in [1.29, 1.82) is 0 Å². The highest BCUT2D eigenvalue weighted by Gasteiger charge is 2.10. The van der Waals surface area contributed by atoms with Crippen LogP contribution >= 0.6 is 23.6 Å². The lowest BCUT2D eigenvalue weighted by Gasteiger charge is -2.13. The molecule has 0 radical (unpaired) electrons. The van der Waals surface area contributed by atoms with Crippen molar-refractivity contribution in [2.75, 3.05) is 5.32 Å². The summed E-state index contributed by atoms with van der Waals surface area (Å²) in [5.41, 5.74) is 7.03. The van der Waals surface area contributed by atoms with Gasteiger partial charge in [-0.05, 0) is 31.4 Å². The van der Waals surface area contributed by atoms with E-state index >= 15 is 0 Å². The van der Waals surface area contributed by atoms with Crippen LogP contribution in [0.1, 0.15) is 29.2 Å². The van der Waals surface area contributed by atoms with Crippen LogP contribution in [0.25, 0.3) is 0 Å². The normalized spacial score (nSPS) is 12.1. The fourth-order valence-corrected chi connectivity index (χ4v) is 2.40. The van der Waals surface area contributed by atoms with Crippen molar-refractivity contribution in [3.05, 3.63) is 39.8 Å². The van der Waals surface area contributed by atoms with Gasteiger partial charge >= 0.3 is 0 Å². The summed E-state index contributed by atoms with van der Waals surface area (Å²) in [6.07, 6.45) is 0. The summed E-state index contributed by atoms with van der Waals surface area (Å²) < 4.78 is 0. The Morgan fingerprint density at radius 3 is 2.89 bits per heavy atom. The number of nitrogens with two attached hydrogens (primary N) is 1. The smallest absolute Gasteiger partial charge is 0.224 e. The number of hydrogen-bond acceptors (Lipinski definition) is 5. The highest BCUT2D eigenvalue weighted by molar-refractivity contribution is 7.80. The van der Waals surface area contributed by atoms with Crippen molar-refractivity contribution in [2.24, 2.45) is 5.73 Å². The second-order valence-electron chi connectivity index (χ2n) is 3.96. The van der Waals surface area contributed by atoms with Gasteiger partial charge in [0.05, 0.1) is 6.04 Å². The van der Waals surface area contributed by atoms with Crippen LogP contribution in [-0.4, -0.2) is 15.0 Å². The number of thiophene rings is 1. The summed E-state index contributed by atoms with van der Waals surface area (Å²) in [6, 6.07) is 6.04. The minimum absolute atomic E-state index is 0.158. The molecule has 94 valence electrons. The van der Waals surface area contributed by atoms with E-state index in [4.69, 9.17) is 18.0 Å². The number of aromatic nitrogens is 2. The molecule has 4 nitrogen and oxygen atoms in total. The molecule has 1 unspecified atom stereocenters. The summed E-state index contributed by atoms with van der Waals surface area (Å²) in [5, 5.41) is 5.30. The topological polar surface area (TPSA) is 63.8 Å². The number of nitrogens with zero attached hydrogens (tertiary/aromatic N) is 2. The largest absolute Gasteiger partial charge is 0.388 e. The molecule has 0 amide bonds. The number of nitrogens with one attached hydrogen (secondary N) is 1. The standard InChI is InChI=1S/C12H14N4S2/c1-7-6-9(11(13)17)16-12(14-7)15-8(2)10-4-3-5-18-10/h3-6,8H,1-2H3,(H2,13,17)(H,14,15,16). The summed E-state index contributed by atoms with van der Waals surface area (Å²) in [5.74, 6) is 0.554. The van der Waals surface area contributed by atoms with E-state index in [2.05, 4.69) is 28.3 Å². The van der Waals surface area contributed by atoms with Gasteiger partial charge in [-0.25, -0.2) is 9.97 Å². The highest BCUT2D eigenvalue weighted by Crippen LogP contribution is 2.21. The Labute approximate surface area is 115 Å². The quantitative estimate of drug-likeness (QED) is 0.842. The highest BCUT2D eigenvalue weighted by atomic mass is 32.1. The summed E-state index contributed by atoms with van der Waals surface area (Å²) in [4.78, 5) is 10.2. The van der Waals surface area contributed by atoms with Gasteiger partial charge in [0.1, 0.15) is 10.7 Å². The first-order valence-corrected chi connectivity index (χ1v) is 6.80. The summed E-state index contributed by atoms with van der Waals surface area (Å²) >= 11 is 6.63. The lowest BCUT2D eigenvalue weighted by Crippen LogP contribution is -2.15. The van der Waals surface area contributed by atoms with Gasteiger partial charge < -0.3 is 11.1 Å². The monoisotopic (exact) mass is 278 g/mol. The zero-order chi connectivity index (χ0) is 13.1. The van der Waals surface area contributed by atoms with Gasteiger partial charge in [0.25, 0.3) is 0 Å². The Morgan fingerprint density at radius 2 is 2.28 bits per heavy atom. The molecule has 0 spiro atoms. The van der Waals surface area contributed by atoms with E-state index in [-0.39, 0.29) is 11.0 Å². The van der Waals surface area contributed by atoms with Crippen molar-refractivity contribution < 1.29 is 0 Å². The van der Waals surface area contributed by atoms with Gasteiger partial charge in [-0.3, -0.25) is 0 Å². The third kappa shape index (κ3) is 3.02. The lowest BCUT2D eigenvalue weighted by molar-refractivity contribution is 0.874. The third-order valence-corrected chi connectivity index (χ3v) is 3.69. The molecule has 0 saturated carbocycles. The van der Waals surface area contributed by atoms with E-state index < -0.39 is 0 Å². The Morgan fingerprint density at radius 1 is 1.50 bits per heavy atom. The van der Waals surface area contributed by atoms with Crippen molar-refractivity contribution >= 4 is 34.5 Å². The maximum Gasteiger partial charge on any atom is 0.224 e. The van der Waals surface area contributed by atoms with Gasteiger partial charge in [0.2, 0.25) is 5.95 Å². The molecule has 6 heteroatoms. The van der Waals surface area contributed by atoms with E-state index in [0.717, 1.165) is 5.69 Å². The van der Waals surface area contributed by atoms with Crippen LogP contribution in [0.5, 0.6) is 0 Å². The van der Waals surface area contributed by atoms with E-state index in [1.165, 1.54) is 4.88 Å². The van der Waals surface area contributed by atoms with Crippen LogP contribution in [0.4, 0.5) is 5.95 Å². The molecule has 2 heterocycles. The zero-order valence-electron chi connectivity index (χ0n) is 10.2. The van der Waals surface area contributed by atoms with Gasteiger partial charge in [0.15, 0.2) is 0 Å². The number of thiocarbonyl (C=S) groups is 1. The van der Waals surface area contributed by atoms with Crippen LogP contribution in [0.2, 0.25) is 0 Å². The summed E-state index contributed by atoms with van der Waals surface area (Å²) in [7, 11) is 0. The number of rotatable bonds is 4. The van der Waals surface area contributed by atoms with Crippen molar-refractivity contribution in [2.45, 2.75) is 19.9 Å². The molecule has 0 aliphatic heterocycles. The maximum atomic E-state index is 5.59. The van der Waals surface area contributed by atoms with Gasteiger partial charge in [-0.15, -0.1) is 11.3 Å². The Balaban J connectivity index is 2.21. The van der Waals surface area contributed by atoms with Gasteiger partial charge in [-0.1, -0.05) is 18.3 Å². The van der Waals surface area contributed by atoms with E-state index in [1.807, 2.05) is 18.4 Å². The van der Waals surface area contributed by atoms with Gasteiger partial charge in [-0.2, -0.15) is 0 Å². The molecule has 18 heavy (non-hydrogen) atoms. The van der Waals surface area contributed by atoms with Crippen molar-refractivity contribution in [1.82, 2.24) is 9.97 Å². The molecule has 0 fully saturated rings. The molecular formula is C12H14N4S2. The predicted octanol–water partition coefficient (Wildman–Crippen LogP) is 2.65. The Bertz CT molecular complexity index is 551. The SMILES string of the molecule is Cc1cc(C(N)=S)nc(NC(C)c2cccs2)n1. The first-order valence-electron chi connectivity index (χ1n) is 5.51. The average Bonchev–Trinajstić information content (AvgIpc) is 2.81. The predicted molar refractivity (Wildman–Crippen MR) is 79.0 cm³/mol. The minimum Gasteiger partial charge on any atom is -0.388 e. The van der Waals surface area contributed by atoms with E-state index in [1.54, 1.807) is 17.4 Å². The molecule has 0 aliphatic rings. The average molecular weight is 278 g/mol. The van der Waals surface area contributed by atoms with Crippen LogP contribution in [0.3, 0.4) is 0 Å². The summed E-state index contributed by atoms with van der Waals surface area (Å²) in [6.45, 7) is 3.96. The van der Waals surface area contributed by atoms with Crippen LogP contribution in [0.15, 0.2) is 23.6 Å². The molecule has 2 rings (SSSR count).